The summed E-state index contributed by atoms with van der Waals surface area (Å²) < 4.78 is 5.70. The first-order valence-corrected chi connectivity index (χ1v) is 8.17. The third kappa shape index (κ3) is 4.35. The first kappa shape index (κ1) is 16.1. The van der Waals surface area contributed by atoms with Crippen LogP contribution in [0.15, 0.2) is 53.6 Å². The minimum Gasteiger partial charge on any atom is -0.494 e. The van der Waals surface area contributed by atoms with Crippen molar-refractivity contribution in [3.63, 3.8) is 0 Å². The largest absolute Gasteiger partial charge is 0.494 e. The molecule has 0 bridgehead atoms. The molecular weight excluding hydrogens is 300 g/mol. The van der Waals surface area contributed by atoms with Crippen molar-refractivity contribution in [3.8, 4) is 5.75 Å². The predicted molar refractivity (Wildman–Crippen MR) is 98.7 cm³/mol. The van der Waals surface area contributed by atoms with E-state index in [2.05, 4.69) is 34.3 Å². The van der Waals surface area contributed by atoms with E-state index in [9.17, 15) is 0 Å². The number of benzene rings is 2. The fourth-order valence-corrected chi connectivity index (χ4v) is 2.24. The molecule has 0 atom stereocenters. The van der Waals surface area contributed by atoms with Gasteiger partial charge in [0, 0.05) is 0 Å². The maximum atomic E-state index is 5.70. The minimum absolute atomic E-state index is 0.626. The van der Waals surface area contributed by atoms with Crippen LogP contribution in [0.25, 0.3) is 11.0 Å². The molecule has 0 spiro atoms. The van der Waals surface area contributed by atoms with Crippen LogP contribution in [0.2, 0.25) is 0 Å². The predicted octanol–water partition coefficient (Wildman–Crippen LogP) is 4.43. The lowest BCUT2D eigenvalue weighted by Crippen LogP contribution is -2.01. The molecule has 0 amide bonds. The Morgan fingerprint density at radius 3 is 2.71 bits per heavy atom. The highest BCUT2D eigenvalue weighted by molar-refractivity contribution is 5.81. The zero-order valence-electron chi connectivity index (χ0n) is 14.0. The highest BCUT2D eigenvalue weighted by Crippen LogP contribution is 2.14. The van der Waals surface area contributed by atoms with Gasteiger partial charge >= 0.3 is 0 Å². The van der Waals surface area contributed by atoms with Crippen molar-refractivity contribution in [3.05, 3.63) is 54.1 Å². The molecule has 0 aliphatic rings. The smallest absolute Gasteiger partial charge is 0.222 e. The second-order valence-corrected chi connectivity index (χ2v) is 6.07. The van der Waals surface area contributed by atoms with Gasteiger partial charge < -0.3 is 9.72 Å². The summed E-state index contributed by atoms with van der Waals surface area (Å²) >= 11 is 0. The number of ether oxygens (including phenoxy) is 1. The summed E-state index contributed by atoms with van der Waals surface area (Å²) in [6.45, 7) is 5.13. The Morgan fingerprint density at radius 1 is 1.17 bits per heavy atom. The molecule has 0 saturated carbocycles. The van der Waals surface area contributed by atoms with Gasteiger partial charge in [-0.1, -0.05) is 26.0 Å². The van der Waals surface area contributed by atoms with Gasteiger partial charge in [-0.3, -0.25) is 0 Å². The van der Waals surface area contributed by atoms with Gasteiger partial charge in [-0.05, 0) is 54.3 Å². The molecule has 0 aliphatic carbocycles. The molecule has 2 aromatic carbocycles. The van der Waals surface area contributed by atoms with Crippen LogP contribution >= 0.6 is 0 Å². The topological polar surface area (TPSA) is 62.3 Å². The molecule has 0 aliphatic heterocycles. The summed E-state index contributed by atoms with van der Waals surface area (Å²) in [5, 5.41) is 4.21. The van der Waals surface area contributed by atoms with Gasteiger partial charge in [0.25, 0.3) is 0 Å². The number of anilines is 1. The first-order chi connectivity index (χ1) is 11.7. The zero-order chi connectivity index (χ0) is 16.8. The van der Waals surface area contributed by atoms with Crippen molar-refractivity contribution in [1.29, 1.82) is 0 Å². The molecule has 24 heavy (non-hydrogen) atoms. The number of aromatic nitrogens is 2. The lowest BCUT2D eigenvalue weighted by Gasteiger charge is -2.07. The fourth-order valence-electron chi connectivity index (χ4n) is 2.24. The molecular formula is C19H22N4O. The van der Waals surface area contributed by atoms with E-state index < -0.39 is 0 Å². The molecule has 0 fully saturated rings. The molecule has 0 radical (unpaired) electrons. The van der Waals surface area contributed by atoms with Gasteiger partial charge in [0.15, 0.2) is 0 Å². The molecule has 0 unspecified atom stereocenters. The zero-order valence-corrected chi connectivity index (χ0v) is 14.0. The molecule has 5 nitrogen and oxygen atoms in total. The number of rotatable bonds is 7. The second-order valence-electron chi connectivity index (χ2n) is 6.07. The number of hydrazone groups is 1. The van der Waals surface area contributed by atoms with Crippen molar-refractivity contribution < 1.29 is 4.74 Å². The van der Waals surface area contributed by atoms with Gasteiger partial charge in [-0.2, -0.15) is 5.10 Å². The summed E-state index contributed by atoms with van der Waals surface area (Å²) in [6.07, 6.45) is 2.82. The minimum atomic E-state index is 0.626. The molecule has 3 rings (SSSR count). The number of aromatic amines is 1. The van der Waals surface area contributed by atoms with Crippen LogP contribution in [-0.4, -0.2) is 22.8 Å². The highest BCUT2D eigenvalue weighted by atomic mass is 16.5. The monoisotopic (exact) mass is 322 g/mol. The van der Waals surface area contributed by atoms with E-state index in [1.807, 2.05) is 48.5 Å². The molecule has 0 saturated heterocycles. The maximum Gasteiger partial charge on any atom is 0.222 e. The van der Waals surface area contributed by atoms with E-state index in [1.54, 1.807) is 6.21 Å². The number of hydrogen-bond acceptors (Lipinski definition) is 4. The van der Waals surface area contributed by atoms with Crippen LogP contribution in [0, 0.1) is 5.92 Å². The number of H-pyrrole nitrogens is 1. The summed E-state index contributed by atoms with van der Waals surface area (Å²) in [4.78, 5) is 7.57. The van der Waals surface area contributed by atoms with Crippen LogP contribution < -0.4 is 10.2 Å². The van der Waals surface area contributed by atoms with Crippen LogP contribution in [0.4, 0.5) is 5.95 Å². The number of fused-ring (bicyclic) bond motifs is 1. The summed E-state index contributed by atoms with van der Waals surface area (Å²) in [6, 6.07) is 15.8. The third-order valence-corrected chi connectivity index (χ3v) is 3.62. The van der Waals surface area contributed by atoms with Crippen LogP contribution in [0.5, 0.6) is 5.75 Å². The molecule has 3 aromatic rings. The average molecular weight is 322 g/mol. The van der Waals surface area contributed by atoms with Gasteiger partial charge in [0.1, 0.15) is 5.75 Å². The Labute approximate surface area is 141 Å². The number of nitrogens with zero attached hydrogens (tertiary/aromatic N) is 2. The number of para-hydroxylation sites is 2. The Morgan fingerprint density at radius 2 is 1.96 bits per heavy atom. The summed E-state index contributed by atoms with van der Waals surface area (Å²) in [5.74, 6) is 2.17. The molecule has 2 N–H and O–H groups in total. The maximum absolute atomic E-state index is 5.70. The fraction of sp³-hybridized carbons (Fsp3) is 0.263. The van der Waals surface area contributed by atoms with E-state index in [0.29, 0.717) is 11.9 Å². The van der Waals surface area contributed by atoms with Gasteiger partial charge in [-0.25, -0.2) is 10.4 Å². The highest BCUT2D eigenvalue weighted by Gasteiger charge is 2.00. The Balaban J connectivity index is 1.54. The SMILES string of the molecule is CC(C)CCOc1ccc(C=NNc2nc3ccccc3[nH]2)cc1. The Hall–Kier alpha value is -2.82. The van der Waals surface area contributed by atoms with Crippen LogP contribution in [0.3, 0.4) is 0 Å². The quantitative estimate of drug-likeness (QED) is 0.499. The number of nitrogens with one attached hydrogen (secondary N) is 2. The summed E-state index contributed by atoms with van der Waals surface area (Å²) in [7, 11) is 0. The second kappa shape index (κ2) is 7.64. The Bertz CT molecular complexity index is 773. The molecule has 5 heteroatoms. The van der Waals surface area contributed by atoms with Crippen LogP contribution in [0.1, 0.15) is 25.8 Å². The third-order valence-electron chi connectivity index (χ3n) is 3.62. The van der Waals surface area contributed by atoms with Crippen molar-refractivity contribution in [2.24, 2.45) is 11.0 Å². The standard InChI is InChI=1S/C19H22N4O/c1-14(2)11-12-24-16-9-7-15(8-10-16)13-20-23-19-21-17-5-3-4-6-18(17)22-19/h3-10,13-14H,11-12H2,1-2H3,(H2,21,22,23). The molecule has 124 valence electrons. The van der Waals surface area contributed by atoms with E-state index in [0.717, 1.165) is 35.4 Å². The lowest BCUT2D eigenvalue weighted by atomic mass is 10.1. The van der Waals surface area contributed by atoms with Gasteiger partial charge in [0.05, 0.1) is 23.9 Å². The van der Waals surface area contributed by atoms with E-state index in [4.69, 9.17) is 4.74 Å². The normalized spacial score (nSPS) is 11.5. The molecule has 1 heterocycles. The molecule has 1 aromatic heterocycles. The number of imidazole rings is 1. The van der Waals surface area contributed by atoms with Crippen molar-refractivity contribution >= 4 is 23.2 Å². The van der Waals surface area contributed by atoms with Crippen LogP contribution in [-0.2, 0) is 0 Å². The van der Waals surface area contributed by atoms with Crippen molar-refractivity contribution in [2.75, 3.05) is 12.0 Å². The number of hydrogen-bond donors (Lipinski definition) is 2. The van der Waals surface area contributed by atoms with Crippen molar-refractivity contribution in [1.82, 2.24) is 9.97 Å². The van der Waals surface area contributed by atoms with Gasteiger partial charge in [-0.15, -0.1) is 0 Å². The van der Waals surface area contributed by atoms with Crippen molar-refractivity contribution in [2.45, 2.75) is 20.3 Å². The van der Waals surface area contributed by atoms with E-state index in [-0.39, 0.29) is 0 Å². The average Bonchev–Trinajstić information content (AvgIpc) is 2.99. The van der Waals surface area contributed by atoms with Gasteiger partial charge in [0.2, 0.25) is 5.95 Å². The lowest BCUT2D eigenvalue weighted by molar-refractivity contribution is 0.289. The van der Waals surface area contributed by atoms with E-state index >= 15 is 0 Å². The summed E-state index contributed by atoms with van der Waals surface area (Å²) in [5.41, 5.74) is 5.81. The first-order valence-electron chi connectivity index (χ1n) is 8.17. The Kier molecular flexibility index (Phi) is 5.11. The van der Waals surface area contributed by atoms with E-state index in [1.165, 1.54) is 0 Å².